The Balaban J connectivity index is 1.65. The summed E-state index contributed by atoms with van der Waals surface area (Å²) in [6.07, 6.45) is 1.44. The van der Waals surface area contributed by atoms with Gasteiger partial charge in [0, 0.05) is 17.6 Å². The van der Waals surface area contributed by atoms with Crippen LogP contribution in [0.15, 0.2) is 52.8 Å². The molecule has 2 aromatic heterocycles. The minimum Gasteiger partial charge on any atom is -0.479 e. The first-order valence-electron chi connectivity index (χ1n) is 7.51. The van der Waals surface area contributed by atoms with Crippen molar-refractivity contribution in [2.45, 2.75) is 26.1 Å². The summed E-state index contributed by atoms with van der Waals surface area (Å²) >= 11 is 1.35. The SMILES string of the molecule is CC[C@H](Oc1ccccc1)C(=O)OCc1cc(=O)n2ccsc2n1. The van der Waals surface area contributed by atoms with E-state index in [-0.39, 0.29) is 12.2 Å². The Morgan fingerprint density at radius 3 is 2.88 bits per heavy atom. The molecule has 0 radical (unpaired) electrons. The molecule has 3 rings (SSSR count). The van der Waals surface area contributed by atoms with Crippen LogP contribution in [0.2, 0.25) is 0 Å². The zero-order chi connectivity index (χ0) is 16.9. The van der Waals surface area contributed by atoms with Crippen LogP contribution >= 0.6 is 11.3 Å². The zero-order valence-corrected chi connectivity index (χ0v) is 13.9. The van der Waals surface area contributed by atoms with Gasteiger partial charge in [0.25, 0.3) is 5.56 Å². The Kier molecular flexibility index (Phi) is 4.90. The van der Waals surface area contributed by atoms with Crippen molar-refractivity contribution in [1.29, 1.82) is 0 Å². The third kappa shape index (κ3) is 3.62. The number of hydrogen-bond donors (Lipinski definition) is 0. The summed E-state index contributed by atoms with van der Waals surface area (Å²) in [6, 6.07) is 10.5. The predicted molar refractivity (Wildman–Crippen MR) is 90.3 cm³/mol. The van der Waals surface area contributed by atoms with Crippen molar-refractivity contribution in [3.63, 3.8) is 0 Å². The smallest absolute Gasteiger partial charge is 0.347 e. The normalized spacial score (nSPS) is 12.0. The van der Waals surface area contributed by atoms with Crippen molar-refractivity contribution in [2.75, 3.05) is 0 Å². The Morgan fingerprint density at radius 2 is 2.12 bits per heavy atom. The molecule has 0 N–H and O–H groups in total. The first-order chi connectivity index (χ1) is 11.7. The maximum Gasteiger partial charge on any atom is 0.347 e. The lowest BCUT2D eigenvalue weighted by molar-refractivity contribution is -0.153. The average molecular weight is 344 g/mol. The zero-order valence-electron chi connectivity index (χ0n) is 13.0. The maximum atomic E-state index is 12.2. The number of carbonyl (C=O) groups excluding carboxylic acids is 1. The van der Waals surface area contributed by atoms with E-state index in [1.54, 1.807) is 23.7 Å². The molecule has 2 heterocycles. The lowest BCUT2D eigenvalue weighted by Crippen LogP contribution is -2.29. The topological polar surface area (TPSA) is 69.9 Å². The molecule has 0 fully saturated rings. The van der Waals surface area contributed by atoms with Gasteiger partial charge in [-0.3, -0.25) is 9.20 Å². The highest BCUT2D eigenvalue weighted by Gasteiger charge is 2.20. The molecule has 0 aliphatic rings. The molecule has 0 unspecified atom stereocenters. The number of esters is 1. The van der Waals surface area contributed by atoms with E-state index in [0.29, 0.717) is 22.8 Å². The summed E-state index contributed by atoms with van der Waals surface area (Å²) < 4.78 is 12.3. The number of para-hydroxylation sites is 1. The van der Waals surface area contributed by atoms with Crippen molar-refractivity contribution in [1.82, 2.24) is 9.38 Å². The van der Waals surface area contributed by atoms with Gasteiger partial charge in [-0.1, -0.05) is 25.1 Å². The molecule has 6 nitrogen and oxygen atoms in total. The third-order valence-corrected chi connectivity index (χ3v) is 4.13. The van der Waals surface area contributed by atoms with E-state index in [0.717, 1.165) is 0 Å². The van der Waals surface area contributed by atoms with Crippen molar-refractivity contribution in [3.8, 4) is 5.75 Å². The van der Waals surface area contributed by atoms with E-state index >= 15 is 0 Å². The van der Waals surface area contributed by atoms with Gasteiger partial charge in [-0.15, -0.1) is 11.3 Å². The molecule has 24 heavy (non-hydrogen) atoms. The molecule has 0 bridgehead atoms. The predicted octanol–water partition coefficient (Wildman–Crippen LogP) is 2.66. The van der Waals surface area contributed by atoms with Gasteiger partial charge < -0.3 is 9.47 Å². The number of benzene rings is 1. The second kappa shape index (κ2) is 7.27. The summed E-state index contributed by atoms with van der Waals surface area (Å²) in [5.74, 6) is 0.132. The standard InChI is InChI=1S/C17H16N2O4S/c1-2-14(23-13-6-4-3-5-7-13)16(21)22-11-12-10-15(20)19-8-9-24-17(19)18-12/h3-10,14H,2,11H2,1H3/t14-/m0/s1. The molecule has 124 valence electrons. The maximum absolute atomic E-state index is 12.2. The van der Waals surface area contributed by atoms with Crippen LogP contribution in [0, 0.1) is 0 Å². The summed E-state index contributed by atoms with van der Waals surface area (Å²) in [6.45, 7) is 1.79. The molecule has 0 aliphatic carbocycles. The van der Waals surface area contributed by atoms with E-state index in [1.165, 1.54) is 21.8 Å². The number of fused-ring (bicyclic) bond motifs is 1. The molecule has 0 saturated heterocycles. The largest absolute Gasteiger partial charge is 0.479 e. The van der Waals surface area contributed by atoms with Crippen molar-refractivity contribution < 1.29 is 14.3 Å². The molecular formula is C17H16N2O4S. The van der Waals surface area contributed by atoms with Gasteiger partial charge in [0.05, 0.1) is 5.69 Å². The summed E-state index contributed by atoms with van der Waals surface area (Å²) in [5, 5.41) is 1.78. The number of hydrogen-bond acceptors (Lipinski definition) is 6. The first kappa shape index (κ1) is 16.2. The Morgan fingerprint density at radius 1 is 1.33 bits per heavy atom. The molecule has 0 amide bonds. The van der Waals surface area contributed by atoms with Crippen LogP contribution in [0.3, 0.4) is 0 Å². The highest BCUT2D eigenvalue weighted by atomic mass is 32.1. The van der Waals surface area contributed by atoms with Gasteiger partial charge in [0.2, 0.25) is 0 Å². The highest BCUT2D eigenvalue weighted by Crippen LogP contribution is 2.14. The molecular weight excluding hydrogens is 328 g/mol. The first-order valence-corrected chi connectivity index (χ1v) is 8.39. The van der Waals surface area contributed by atoms with E-state index in [2.05, 4.69) is 4.98 Å². The summed E-state index contributed by atoms with van der Waals surface area (Å²) in [5.41, 5.74) is 0.227. The molecule has 0 aliphatic heterocycles. The van der Waals surface area contributed by atoms with Crippen LogP contribution in [0.25, 0.3) is 4.96 Å². The molecule has 3 aromatic rings. The van der Waals surface area contributed by atoms with Crippen LogP contribution in [0.1, 0.15) is 19.0 Å². The number of carbonyl (C=O) groups is 1. The number of aromatic nitrogens is 2. The van der Waals surface area contributed by atoms with E-state index in [1.807, 2.05) is 25.1 Å². The molecule has 1 atom stereocenters. The van der Waals surface area contributed by atoms with Crippen LogP contribution in [0.4, 0.5) is 0 Å². The Bertz CT molecular complexity index is 888. The highest BCUT2D eigenvalue weighted by molar-refractivity contribution is 7.15. The van der Waals surface area contributed by atoms with Crippen LogP contribution in [-0.4, -0.2) is 21.5 Å². The van der Waals surface area contributed by atoms with Gasteiger partial charge in [0.15, 0.2) is 11.1 Å². The van der Waals surface area contributed by atoms with Crippen molar-refractivity contribution in [3.05, 3.63) is 64.0 Å². The second-order valence-corrected chi connectivity index (χ2v) is 5.95. The van der Waals surface area contributed by atoms with Crippen molar-refractivity contribution >= 4 is 22.3 Å². The Hall–Kier alpha value is -2.67. The van der Waals surface area contributed by atoms with Gasteiger partial charge >= 0.3 is 5.97 Å². The van der Waals surface area contributed by atoms with E-state index < -0.39 is 12.1 Å². The minimum absolute atomic E-state index is 0.0584. The van der Waals surface area contributed by atoms with E-state index in [4.69, 9.17) is 9.47 Å². The second-order valence-electron chi connectivity index (χ2n) is 5.08. The molecule has 1 aromatic carbocycles. The number of rotatable bonds is 6. The number of thiazole rings is 1. The molecule has 0 spiro atoms. The molecule has 7 heteroatoms. The monoisotopic (exact) mass is 344 g/mol. The van der Waals surface area contributed by atoms with Crippen LogP contribution < -0.4 is 10.3 Å². The van der Waals surface area contributed by atoms with Gasteiger partial charge in [0.1, 0.15) is 12.4 Å². The summed E-state index contributed by atoms with van der Waals surface area (Å²) in [7, 11) is 0. The fourth-order valence-corrected chi connectivity index (χ4v) is 2.90. The third-order valence-electron chi connectivity index (χ3n) is 3.37. The van der Waals surface area contributed by atoms with Crippen LogP contribution in [0.5, 0.6) is 5.75 Å². The fourth-order valence-electron chi connectivity index (χ4n) is 2.16. The van der Waals surface area contributed by atoms with E-state index in [9.17, 15) is 9.59 Å². The number of nitrogens with zero attached hydrogens (tertiary/aromatic N) is 2. The lowest BCUT2D eigenvalue weighted by atomic mass is 10.2. The van der Waals surface area contributed by atoms with Crippen molar-refractivity contribution in [2.24, 2.45) is 0 Å². The van der Waals surface area contributed by atoms with Gasteiger partial charge in [-0.25, -0.2) is 9.78 Å². The lowest BCUT2D eigenvalue weighted by Gasteiger charge is -2.16. The Labute approximate surface area is 142 Å². The van der Waals surface area contributed by atoms with Gasteiger partial charge in [-0.2, -0.15) is 0 Å². The quantitative estimate of drug-likeness (QED) is 0.643. The van der Waals surface area contributed by atoms with Gasteiger partial charge in [-0.05, 0) is 18.6 Å². The average Bonchev–Trinajstić information content (AvgIpc) is 3.07. The fraction of sp³-hybridized carbons (Fsp3) is 0.235. The summed E-state index contributed by atoms with van der Waals surface area (Å²) in [4.78, 5) is 29.0. The minimum atomic E-state index is -0.695. The van der Waals surface area contributed by atoms with Crippen LogP contribution in [-0.2, 0) is 16.1 Å². The molecule has 0 saturated carbocycles. The number of ether oxygens (including phenoxy) is 2.